The van der Waals surface area contributed by atoms with Gasteiger partial charge in [-0.2, -0.15) is 5.26 Å². The number of fused-ring (bicyclic) bond motifs is 1. The molecule has 180 valence electrons. The van der Waals surface area contributed by atoms with Crippen LogP contribution in [0.5, 0.6) is 5.88 Å². The lowest BCUT2D eigenvalue weighted by atomic mass is 10.1. The molecule has 0 bridgehead atoms. The molecule has 35 heavy (non-hydrogen) atoms. The number of hydrogen-bond acceptors (Lipinski definition) is 8. The number of aromatic nitrogens is 6. The number of nitriles is 1. The summed E-state index contributed by atoms with van der Waals surface area (Å²) in [5, 5.41) is 21.9. The normalized spacial score (nSPS) is 15.3. The van der Waals surface area contributed by atoms with Crippen LogP contribution < -0.4 is 10.1 Å². The van der Waals surface area contributed by atoms with Crippen molar-refractivity contribution < 1.29 is 13.9 Å². The molecule has 1 saturated heterocycles. The maximum atomic E-state index is 13.4. The highest BCUT2D eigenvalue weighted by Crippen LogP contribution is 2.32. The summed E-state index contributed by atoms with van der Waals surface area (Å²) in [6.45, 7) is 4.08. The van der Waals surface area contributed by atoms with Gasteiger partial charge in [-0.05, 0) is 51.1 Å². The fourth-order valence-corrected chi connectivity index (χ4v) is 4.44. The van der Waals surface area contributed by atoms with Crippen molar-refractivity contribution in [1.29, 1.82) is 5.26 Å². The molecule has 1 aliphatic heterocycles. The van der Waals surface area contributed by atoms with Gasteiger partial charge in [0.2, 0.25) is 5.88 Å². The Labute approximate surface area is 201 Å². The van der Waals surface area contributed by atoms with E-state index in [1.165, 1.54) is 12.3 Å². The number of imidazole rings is 1. The zero-order chi connectivity index (χ0) is 24.4. The summed E-state index contributed by atoms with van der Waals surface area (Å²) in [6.07, 6.45) is 3.97. The molecule has 5 rings (SSSR count). The maximum Gasteiger partial charge on any atom is 0.201 e. The second-order valence-corrected chi connectivity index (χ2v) is 8.44. The van der Waals surface area contributed by atoms with Gasteiger partial charge >= 0.3 is 0 Å². The molecule has 0 aromatic carbocycles. The summed E-state index contributed by atoms with van der Waals surface area (Å²) in [4.78, 5) is 8.55. The smallest absolute Gasteiger partial charge is 0.201 e. The van der Waals surface area contributed by atoms with Crippen molar-refractivity contribution in [2.75, 3.05) is 26.8 Å². The third-order valence-electron chi connectivity index (χ3n) is 6.20. The lowest BCUT2D eigenvalue weighted by Crippen LogP contribution is -2.30. The van der Waals surface area contributed by atoms with E-state index in [4.69, 9.17) is 9.47 Å². The van der Waals surface area contributed by atoms with E-state index in [1.807, 2.05) is 23.7 Å². The number of halogens is 1. The van der Waals surface area contributed by atoms with Gasteiger partial charge in [-0.25, -0.2) is 14.1 Å². The largest absolute Gasteiger partial charge is 0.466 e. The van der Waals surface area contributed by atoms with Gasteiger partial charge in [0, 0.05) is 18.7 Å². The number of nitrogens with zero attached hydrogens (tertiary/aromatic N) is 7. The summed E-state index contributed by atoms with van der Waals surface area (Å²) in [5.74, 6) is -0.0708. The quantitative estimate of drug-likeness (QED) is 0.433. The minimum Gasteiger partial charge on any atom is -0.466 e. The predicted molar refractivity (Wildman–Crippen MR) is 124 cm³/mol. The van der Waals surface area contributed by atoms with Crippen molar-refractivity contribution >= 4 is 5.65 Å². The maximum absolute atomic E-state index is 13.4. The SMILES string of the molecule is COCC(Oc1cc(-c2nnn(C3CCNCC3)c2C)cc2ncc(C#N)n12)c1ccc(F)cn1. The summed E-state index contributed by atoms with van der Waals surface area (Å²) in [6, 6.07) is 8.98. The van der Waals surface area contributed by atoms with E-state index in [1.54, 1.807) is 17.6 Å². The first kappa shape index (κ1) is 22.9. The molecule has 1 fully saturated rings. The summed E-state index contributed by atoms with van der Waals surface area (Å²) in [5.41, 5.74) is 3.79. The van der Waals surface area contributed by atoms with Crippen LogP contribution in [0.4, 0.5) is 4.39 Å². The zero-order valence-corrected chi connectivity index (χ0v) is 19.5. The van der Waals surface area contributed by atoms with Crippen molar-refractivity contribution in [3.63, 3.8) is 0 Å². The monoisotopic (exact) mass is 476 g/mol. The fourth-order valence-electron chi connectivity index (χ4n) is 4.44. The number of ether oxygens (including phenoxy) is 2. The highest BCUT2D eigenvalue weighted by atomic mass is 19.1. The Morgan fingerprint density at radius 1 is 1.23 bits per heavy atom. The van der Waals surface area contributed by atoms with Crippen LogP contribution >= 0.6 is 0 Å². The average molecular weight is 477 g/mol. The Morgan fingerprint density at radius 2 is 2.06 bits per heavy atom. The Hall–Kier alpha value is -3.88. The number of piperidine rings is 1. The highest BCUT2D eigenvalue weighted by Gasteiger charge is 2.23. The molecule has 4 aromatic heterocycles. The molecule has 1 unspecified atom stereocenters. The van der Waals surface area contributed by atoms with Gasteiger partial charge in [0.05, 0.1) is 36.4 Å². The first-order chi connectivity index (χ1) is 17.1. The lowest BCUT2D eigenvalue weighted by Gasteiger charge is -2.23. The zero-order valence-electron chi connectivity index (χ0n) is 19.5. The van der Waals surface area contributed by atoms with Crippen LogP contribution in [0.3, 0.4) is 0 Å². The molecule has 0 aliphatic carbocycles. The van der Waals surface area contributed by atoms with Crippen LogP contribution in [0.2, 0.25) is 0 Å². The van der Waals surface area contributed by atoms with Gasteiger partial charge < -0.3 is 14.8 Å². The minimum absolute atomic E-state index is 0.172. The Kier molecular flexibility index (Phi) is 6.39. The molecule has 1 aliphatic rings. The van der Waals surface area contributed by atoms with E-state index in [9.17, 15) is 9.65 Å². The number of rotatable bonds is 7. The molecule has 0 spiro atoms. The topological polar surface area (TPSA) is 115 Å². The molecule has 1 N–H and O–H groups in total. The van der Waals surface area contributed by atoms with Crippen LogP contribution in [-0.4, -0.2) is 56.2 Å². The molecule has 0 amide bonds. The summed E-state index contributed by atoms with van der Waals surface area (Å²) < 4.78 is 28.7. The van der Waals surface area contributed by atoms with Crippen LogP contribution in [0.15, 0.2) is 36.7 Å². The molecule has 1 atom stereocenters. The van der Waals surface area contributed by atoms with Crippen molar-refractivity contribution in [2.45, 2.75) is 31.9 Å². The molecule has 11 heteroatoms. The second kappa shape index (κ2) is 9.77. The molecule has 5 heterocycles. The van der Waals surface area contributed by atoms with Crippen molar-refractivity contribution in [3.8, 4) is 23.2 Å². The Bertz CT molecular complexity index is 1370. The van der Waals surface area contributed by atoms with E-state index in [-0.39, 0.29) is 6.61 Å². The Balaban J connectivity index is 1.57. The van der Waals surface area contributed by atoms with Crippen LogP contribution in [0, 0.1) is 24.1 Å². The van der Waals surface area contributed by atoms with Crippen molar-refractivity contribution in [1.82, 2.24) is 34.7 Å². The number of hydrogen-bond donors (Lipinski definition) is 1. The highest BCUT2D eigenvalue weighted by molar-refractivity contribution is 5.68. The first-order valence-electron chi connectivity index (χ1n) is 11.4. The van der Waals surface area contributed by atoms with Gasteiger partial charge in [-0.15, -0.1) is 5.10 Å². The molecule has 10 nitrogen and oxygen atoms in total. The van der Waals surface area contributed by atoms with E-state index in [0.29, 0.717) is 29.0 Å². The van der Waals surface area contributed by atoms with Crippen LogP contribution in [-0.2, 0) is 4.74 Å². The predicted octanol–water partition coefficient (Wildman–Crippen LogP) is 3.00. The third kappa shape index (κ3) is 4.45. The molecule has 4 aromatic rings. The number of nitrogens with one attached hydrogen (secondary N) is 1. The van der Waals surface area contributed by atoms with Gasteiger partial charge in [-0.3, -0.25) is 9.38 Å². The number of pyridine rings is 2. The van der Waals surface area contributed by atoms with E-state index in [0.717, 1.165) is 49.1 Å². The Morgan fingerprint density at radius 3 is 2.77 bits per heavy atom. The fraction of sp³-hybridized carbons (Fsp3) is 0.375. The van der Waals surface area contributed by atoms with Gasteiger partial charge in [0.25, 0.3) is 0 Å². The number of methoxy groups -OCH3 is 1. The van der Waals surface area contributed by atoms with Gasteiger partial charge in [0.15, 0.2) is 6.10 Å². The summed E-state index contributed by atoms with van der Waals surface area (Å²) >= 11 is 0. The van der Waals surface area contributed by atoms with Crippen molar-refractivity contribution in [2.24, 2.45) is 0 Å². The van der Waals surface area contributed by atoms with E-state index in [2.05, 4.69) is 31.7 Å². The van der Waals surface area contributed by atoms with E-state index < -0.39 is 11.9 Å². The first-order valence-corrected chi connectivity index (χ1v) is 11.4. The lowest BCUT2D eigenvalue weighted by molar-refractivity contribution is 0.0743. The van der Waals surface area contributed by atoms with Crippen LogP contribution in [0.1, 0.15) is 42.1 Å². The van der Waals surface area contributed by atoms with Gasteiger partial charge in [-0.1, -0.05) is 5.21 Å². The molecule has 0 saturated carbocycles. The molecular weight excluding hydrogens is 451 g/mol. The average Bonchev–Trinajstić information content (AvgIpc) is 3.48. The standard InChI is InChI=1S/C24H25FN8O2/c1-15-24(30-31-33(15)18-5-7-27-8-6-18)16-9-22-29-13-19(11-26)32(22)23(10-16)35-21(14-34-2)20-4-3-17(25)12-28-20/h3-4,9-10,12-13,18,21,27H,5-8,14H2,1-2H3. The molecular formula is C24H25FN8O2. The third-order valence-corrected chi connectivity index (χ3v) is 6.20. The van der Waals surface area contributed by atoms with E-state index >= 15 is 0 Å². The van der Waals surface area contributed by atoms with Crippen molar-refractivity contribution in [3.05, 3.63) is 59.6 Å². The van der Waals surface area contributed by atoms with Gasteiger partial charge in [0.1, 0.15) is 28.9 Å². The summed E-state index contributed by atoms with van der Waals surface area (Å²) in [7, 11) is 1.55. The minimum atomic E-state index is -0.639. The molecule has 0 radical (unpaired) electrons. The second-order valence-electron chi connectivity index (χ2n) is 8.44. The van der Waals surface area contributed by atoms with Crippen LogP contribution in [0.25, 0.3) is 16.9 Å².